The van der Waals surface area contributed by atoms with Gasteiger partial charge in [0, 0.05) is 61.7 Å². The molecule has 3 fully saturated rings. The predicted octanol–water partition coefficient (Wildman–Crippen LogP) is 3.17. The average Bonchev–Trinajstić information content (AvgIpc) is 3.55. The Bertz CT molecular complexity index is 1720. The zero-order chi connectivity index (χ0) is 30.4. The zero-order valence-corrected chi connectivity index (χ0v) is 24.4. The Kier molecular flexibility index (Phi) is 7.23. The van der Waals surface area contributed by atoms with Gasteiger partial charge in [0.1, 0.15) is 30.0 Å². The molecule has 10 nitrogen and oxygen atoms in total. The fraction of sp³-hybridized carbons (Fsp3) is 0.455. The van der Waals surface area contributed by atoms with Crippen molar-refractivity contribution in [1.29, 1.82) is 5.26 Å². The number of hydrogen-bond donors (Lipinski definition) is 2. The number of benzene rings is 2. The molecular weight excluding hydrogens is 561 g/mol. The van der Waals surface area contributed by atoms with E-state index in [1.165, 1.54) is 6.07 Å². The SMILES string of the molecule is C#Cc1cc(O)cc2cccc(N3CCc4c(nc(OC[C@@]56CCCN5C[C@H](F)C6)nc4N4CCN[C@@H](CC#N)C4)C3=O)c12. The third-order valence-electron chi connectivity index (χ3n) is 9.51. The molecule has 7 rings (SSSR count). The Morgan fingerprint density at radius 2 is 2.11 bits per heavy atom. The molecule has 4 aliphatic heterocycles. The first-order valence-corrected chi connectivity index (χ1v) is 15.2. The maximum absolute atomic E-state index is 14.4. The first-order valence-electron chi connectivity index (χ1n) is 15.2. The van der Waals surface area contributed by atoms with Crippen molar-refractivity contribution in [3.8, 4) is 30.2 Å². The Labute approximate surface area is 255 Å². The summed E-state index contributed by atoms with van der Waals surface area (Å²) in [5.41, 5.74) is 1.76. The molecule has 2 aromatic carbocycles. The highest BCUT2D eigenvalue weighted by Crippen LogP contribution is 2.41. The number of alkyl halides is 1. The van der Waals surface area contributed by atoms with Crippen LogP contribution in [0.25, 0.3) is 10.8 Å². The van der Waals surface area contributed by atoms with E-state index < -0.39 is 6.17 Å². The summed E-state index contributed by atoms with van der Waals surface area (Å²) in [6.45, 7) is 3.79. The molecule has 226 valence electrons. The number of nitriles is 1. The lowest BCUT2D eigenvalue weighted by Crippen LogP contribution is -2.51. The molecule has 4 aliphatic rings. The van der Waals surface area contributed by atoms with Gasteiger partial charge in [-0.2, -0.15) is 15.2 Å². The molecule has 0 bridgehead atoms. The number of rotatable bonds is 6. The maximum Gasteiger partial charge on any atom is 0.319 e. The molecule has 0 spiro atoms. The van der Waals surface area contributed by atoms with Crippen LogP contribution in [0.4, 0.5) is 15.9 Å². The van der Waals surface area contributed by atoms with E-state index >= 15 is 0 Å². The normalized spacial score (nSPS) is 25.0. The third kappa shape index (κ3) is 4.86. The van der Waals surface area contributed by atoms with E-state index in [-0.39, 0.29) is 41.5 Å². The van der Waals surface area contributed by atoms with Gasteiger partial charge in [-0.25, -0.2) is 4.39 Å². The molecule has 0 radical (unpaired) electrons. The fourth-order valence-corrected chi connectivity index (χ4v) is 7.51. The summed E-state index contributed by atoms with van der Waals surface area (Å²) in [5, 5.41) is 24.3. The van der Waals surface area contributed by atoms with Crippen LogP contribution in [0.15, 0.2) is 30.3 Å². The van der Waals surface area contributed by atoms with Crippen molar-refractivity contribution in [2.75, 3.05) is 55.7 Å². The van der Waals surface area contributed by atoms with Crippen molar-refractivity contribution in [3.05, 3.63) is 47.2 Å². The van der Waals surface area contributed by atoms with E-state index in [0.717, 1.165) is 30.3 Å². The standard InChI is InChI=1S/C33H34FN7O3/c1-2-21-15-25(42)16-22-5-3-6-27(28(21)22)41-13-8-26-29(31(41)43)37-32(38-30(26)39-14-11-36-24(19-39)7-10-35)44-20-33-9-4-12-40(33)18-23(34)17-33/h1,3,5-6,15-16,23-24,36,42H,4,7-9,11-14,17-20H2/t23-,24+,33+/m1/s1. The first kappa shape index (κ1) is 28.3. The highest BCUT2D eigenvalue weighted by Gasteiger charge is 2.49. The average molecular weight is 596 g/mol. The van der Waals surface area contributed by atoms with Crippen LogP contribution in [0.1, 0.15) is 47.3 Å². The van der Waals surface area contributed by atoms with Gasteiger partial charge in [-0.1, -0.05) is 18.1 Å². The van der Waals surface area contributed by atoms with E-state index in [4.69, 9.17) is 21.1 Å². The minimum atomic E-state index is -0.887. The molecule has 44 heavy (non-hydrogen) atoms. The Balaban J connectivity index is 1.28. The van der Waals surface area contributed by atoms with Crippen molar-refractivity contribution in [2.24, 2.45) is 0 Å². The van der Waals surface area contributed by atoms with Crippen molar-refractivity contribution >= 4 is 28.2 Å². The second-order valence-corrected chi connectivity index (χ2v) is 12.2. The van der Waals surface area contributed by atoms with Gasteiger partial charge < -0.3 is 25.0 Å². The lowest BCUT2D eigenvalue weighted by Gasteiger charge is -2.37. The molecule has 3 atom stereocenters. The minimum absolute atomic E-state index is 0.0280. The molecule has 1 aromatic heterocycles. The van der Waals surface area contributed by atoms with Crippen LogP contribution in [0, 0.1) is 23.7 Å². The van der Waals surface area contributed by atoms with Crippen LogP contribution >= 0.6 is 0 Å². The number of piperazine rings is 1. The van der Waals surface area contributed by atoms with Crippen LogP contribution in [0.2, 0.25) is 0 Å². The summed E-state index contributed by atoms with van der Waals surface area (Å²) in [4.78, 5) is 29.8. The van der Waals surface area contributed by atoms with E-state index in [1.807, 2.05) is 18.2 Å². The number of carbonyl (C=O) groups is 1. The molecule has 5 heterocycles. The Hall–Kier alpha value is -4.45. The second-order valence-electron chi connectivity index (χ2n) is 12.2. The number of halogens is 1. The van der Waals surface area contributed by atoms with E-state index in [9.17, 15) is 19.6 Å². The van der Waals surface area contributed by atoms with Gasteiger partial charge in [-0.15, -0.1) is 6.42 Å². The summed E-state index contributed by atoms with van der Waals surface area (Å²) in [5.74, 6) is 3.06. The lowest BCUT2D eigenvalue weighted by molar-refractivity contribution is 0.0963. The maximum atomic E-state index is 14.4. The van der Waals surface area contributed by atoms with E-state index in [2.05, 4.69) is 27.1 Å². The van der Waals surface area contributed by atoms with E-state index in [0.29, 0.717) is 74.4 Å². The molecule has 3 aromatic rings. The monoisotopic (exact) mass is 595 g/mol. The summed E-state index contributed by atoms with van der Waals surface area (Å²) in [6, 6.07) is 11.0. The highest BCUT2D eigenvalue weighted by molar-refractivity contribution is 6.13. The number of phenols is 1. The molecule has 2 N–H and O–H groups in total. The number of carbonyl (C=O) groups excluding carboxylic acids is 1. The van der Waals surface area contributed by atoms with Crippen LogP contribution in [0.5, 0.6) is 11.8 Å². The summed E-state index contributed by atoms with van der Waals surface area (Å²) < 4.78 is 20.7. The van der Waals surface area contributed by atoms with Crippen LogP contribution in [-0.4, -0.2) is 89.5 Å². The second kappa shape index (κ2) is 11.2. The van der Waals surface area contributed by atoms with Crippen LogP contribution < -0.4 is 19.9 Å². The number of hydrogen-bond acceptors (Lipinski definition) is 9. The number of amides is 1. The van der Waals surface area contributed by atoms with Gasteiger partial charge in [-0.05, 0) is 49.4 Å². The summed E-state index contributed by atoms with van der Waals surface area (Å²) in [6.07, 6.45) is 8.05. The lowest BCUT2D eigenvalue weighted by atomic mass is 9.95. The Morgan fingerprint density at radius 1 is 1.23 bits per heavy atom. The number of fused-ring (bicyclic) bond motifs is 3. The number of nitrogens with one attached hydrogen (secondary N) is 1. The molecule has 0 unspecified atom stereocenters. The predicted molar refractivity (Wildman–Crippen MR) is 164 cm³/mol. The van der Waals surface area contributed by atoms with Crippen molar-refractivity contribution in [1.82, 2.24) is 20.2 Å². The molecule has 11 heteroatoms. The highest BCUT2D eigenvalue weighted by atomic mass is 19.1. The van der Waals surface area contributed by atoms with Gasteiger partial charge in [0.05, 0.1) is 23.7 Å². The summed E-state index contributed by atoms with van der Waals surface area (Å²) >= 11 is 0. The number of aromatic nitrogens is 2. The number of phenolic OH excluding ortho intramolecular Hbond substituents is 1. The molecule has 3 saturated heterocycles. The quantitative estimate of drug-likeness (QED) is 0.415. The van der Waals surface area contributed by atoms with Crippen LogP contribution in [0.3, 0.4) is 0 Å². The molecule has 0 saturated carbocycles. The van der Waals surface area contributed by atoms with Gasteiger partial charge in [0.2, 0.25) is 0 Å². The number of terminal acetylenes is 1. The smallest absolute Gasteiger partial charge is 0.319 e. The minimum Gasteiger partial charge on any atom is -0.508 e. The van der Waals surface area contributed by atoms with E-state index in [1.54, 1.807) is 11.0 Å². The van der Waals surface area contributed by atoms with Gasteiger partial charge >= 0.3 is 6.01 Å². The first-order chi connectivity index (χ1) is 21.4. The zero-order valence-electron chi connectivity index (χ0n) is 24.4. The van der Waals surface area contributed by atoms with Crippen molar-refractivity contribution < 1.29 is 19.0 Å². The van der Waals surface area contributed by atoms with Gasteiger partial charge in [0.25, 0.3) is 5.91 Å². The molecular formula is C33H34FN7O3. The number of nitrogens with zero attached hydrogens (tertiary/aromatic N) is 6. The summed E-state index contributed by atoms with van der Waals surface area (Å²) in [7, 11) is 0. The Morgan fingerprint density at radius 3 is 2.95 bits per heavy atom. The number of aromatic hydroxyl groups is 1. The third-order valence-corrected chi connectivity index (χ3v) is 9.51. The molecule has 0 aliphatic carbocycles. The topological polar surface area (TPSA) is 118 Å². The number of anilines is 2. The largest absolute Gasteiger partial charge is 0.508 e. The van der Waals surface area contributed by atoms with Gasteiger partial charge in [-0.3, -0.25) is 9.69 Å². The fourth-order valence-electron chi connectivity index (χ4n) is 7.51. The molecule has 1 amide bonds. The van der Waals surface area contributed by atoms with Crippen molar-refractivity contribution in [2.45, 2.75) is 49.9 Å². The van der Waals surface area contributed by atoms with Crippen molar-refractivity contribution in [3.63, 3.8) is 0 Å². The number of ether oxygens (including phenoxy) is 1. The van der Waals surface area contributed by atoms with Gasteiger partial charge in [0.15, 0.2) is 0 Å². The van der Waals surface area contributed by atoms with Crippen LogP contribution in [-0.2, 0) is 6.42 Å².